The first-order chi connectivity index (χ1) is 11.3. The maximum atomic E-state index is 12.4. The van der Waals surface area contributed by atoms with Crippen LogP contribution in [0.15, 0.2) is 46.7 Å². The summed E-state index contributed by atoms with van der Waals surface area (Å²) in [4.78, 5) is 0.103. The van der Waals surface area contributed by atoms with Crippen LogP contribution in [0.1, 0.15) is 12.5 Å². The Hall–Kier alpha value is -2.06. The van der Waals surface area contributed by atoms with Gasteiger partial charge in [-0.2, -0.15) is 5.10 Å². The number of hydrogen-bond donors (Lipinski definition) is 2. The fourth-order valence-corrected chi connectivity index (χ4v) is 2.97. The van der Waals surface area contributed by atoms with Crippen LogP contribution >= 0.6 is 11.6 Å². The first kappa shape index (κ1) is 20.0. The number of aromatic nitrogens is 2. The summed E-state index contributed by atoms with van der Waals surface area (Å²) in [5.74, 6) is 0. The molecule has 24 heavy (non-hydrogen) atoms. The van der Waals surface area contributed by atoms with Gasteiger partial charge in [-0.3, -0.25) is 13.8 Å². The maximum absolute atomic E-state index is 12.4. The number of anilines is 2. The van der Waals surface area contributed by atoms with E-state index in [1.54, 1.807) is 32.3 Å². The van der Waals surface area contributed by atoms with Crippen LogP contribution < -0.4 is 10.0 Å². The van der Waals surface area contributed by atoms with E-state index in [2.05, 4.69) is 15.1 Å². The molecule has 0 fully saturated rings. The van der Waals surface area contributed by atoms with Gasteiger partial charge in [0.15, 0.2) is 0 Å². The van der Waals surface area contributed by atoms with Crippen molar-refractivity contribution in [2.45, 2.75) is 18.7 Å². The van der Waals surface area contributed by atoms with Crippen LogP contribution in [-0.2, 0) is 17.1 Å². The minimum atomic E-state index is -3.70. The van der Waals surface area contributed by atoms with Crippen molar-refractivity contribution in [3.05, 3.63) is 47.4 Å². The van der Waals surface area contributed by atoms with Crippen LogP contribution in [0.2, 0.25) is 0 Å². The molecule has 0 saturated heterocycles. The maximum Gasteiger partial charge on any atom is 0.265 e. The van der Waals surface area contributed by atoms with Gasteiger partial charge in [-0.25, -0.2) is 8.42 Å². The molecule has 0 atom stereocenters. The van der Waals surface area contributed by atoms with Crippen LogP contribution in [0.25, 0.3) is 0 Å². The van der Waals surface area contributed by atoms with Crippen molar-refractivity contribution in [3.63, 3.8) is 0 Å². The Morgan fingerprint density at radius 3 is 2.58 bits per heavy atom. The Kier molecular flexibility index (Phi) is 7.24. The Bertz CT molecular complexity index is 815. The first-order valence-electron chi connectivity index (χ1n) is 6.87. The second kappa shape index (κ2) is 8.70. The minimum absolute atomic E-state index is 0.103. The molecule has 132 valence electrons. The zero-order valence-electron chi connectivity index (χ0n) is 13.8. The summed E-state index contributed by atoms with van der Waals surface area (Å²) in [6, 6.07) is 5.33. The van der Waals surface area contributed by atoms with Gasteiger partial charge in [0, 0.05) is 24.5 Å². The van der Waals surface area contributed by atoms with Crippen LogP contribution in [-0.4, -0.2) is 25.4 Å². The number of halogens is 2. The van der Waals surface area contributed by atoms with Crippen molar-refractivity contribution in [1.82, 2.24) is 9.78 Å². The van der Waals surface area contributed by atoms with E-state index in [0.717, 1.165) is 5.56 Å². The van der Waals surface area contributed by atoms with Crippen LogP contribution in [0.5, 0.6) is 0 Å². The standard InChI is InChI=1S/C14H17ClN4O2S.CH3F/c1-10-5-4-6-13(14(10)16-7-11(2)15)18-22(20,21)12-8-17-19(3)9-12;1-2/h4-9,16,18H,1-3H3;1H3/b11-7+;. The molecule has 0 radical (unpaired) electrons. The highest BCUT2D eigenvalue weighted by atomic mass is 35.5. The molecular weight excluding hydrogens is 355 g/mol. The van der Waals surface area contributed by atoms with Crippen molar-refractivity contribution in [3.8, 4) is 0 Å². The summed E-state index contributed by atoms with van der Waals surface area (Å²) in [7, 11) is -1.54. The number of aryl methyl sites for hydroxylation is 2. The molecule has 0 aliphatic carbocycles. The highest BCUT2D eigenvalue weighted by molar-refractivity contribution is 7.92. The van der Waals surface area contributed by atoms with E-state index in [0.29, 0.717) is 23.6 Å². The van der Waals surface area contributed by atoms with E-state index in [9.17, 15) is 12.8 Å². The number of rotatable bonds is 5. The van der Waals surface area contributed by atoms with Gasteiger partial charge in [-0.05, 0) is 25.5 Å². The van der Waals surface area contributed by atoms with E-state index in [-0.39, 0.29) is 4.90 Å². The average Bonchev–Trinajstić information content (AvgIpc) is 2.96. The molecule has 0 saturated carbocycles. The Morgan fingerprint density at radius 2 is 2.04 bits per heavy atom. The number of nitrogens with zero attached hydrogens (tertiary/aromatic N) is 2. The largest absolute Gasteiger partial charge is 0.359 e. The summed E-state index contributed by atoms with van der Waals surface area (Å²) in [5, 5.41) is 7.46. The molecule has 0 aliphatic rings. The molecule has 0 bridgehead atoms. The molecule has 9 heteroatoms. The summed E-state index contributed by atoms with van der Waals surface area (Å²) >= 11 is 5.81. The fraction of sp³-hybridized carbons (Fsp3) is 0.267. The van der Waals surface area contributed by atoms with Crippen molar-refractivity contribution >= 4 is 33.0 Å². The first-order valence-corrected chi connectivity index (χ1v) is 8.73. The number of para-hydroxylation sites is 1. The molecule has 6 nitrogen and oxygen atoms in total. The lowest BCUT2D eigenvalue weighted by molar-refractivity contribution is 0.601. The van der Waals surface area contributed by atoms with E-state index in [4.69, 9.17) is 11.6 Å². The topological polar surface area (TPSA) is 76.0 Å². The van der Waals surface area contributed by atoms with Gasteiger partial charge in [0.05, 0.1) is 24.7 Å². The molecule has 0 amide bonds. The summed E-state index contributed by atoms with van der Waals surface area (Å²) in [6.07, 6.45) is 4.34. The molecular formula is C15H20ClFN4O2S. The van der Waals surface area contributed by atoms with Crippen LogP contribution in [0.4, 0.5) is 15.8 Å². The molecule has 1 aromatic heterocycles. The Labute approximate surface area is 146 Å². The summed E-state index contributed by atoms with van der Waals surface area (Å²) in [6.45, 7) is 3.61. The summed E-state index contributed by atoms with van der Waals surface area (Å²) < 4.78 is 38.3. The van der Waals surface area contributed by atoms with Crippen molar-refractivity contribution in [2.75, 3.05) is 17.2 Å². The Balaban J connectivity index is 0.00000139. The number of sulfonamides is 1. The fourth-order valence-electron chi connectivity index (χ4n) is 1.86. The number of allylic oxidation sites excluding steroid dienone is 1. The quantitative estimate of drug-likeness (QED) is 0.837. The third-order valence-corrected chi connectivity index (χ3v) is 4.35. The number of benzene rings is 1. The number of hydrogen-bond acceptors (Lipinski definition) is 4. The zero-order valence-corrected chi connectivity index (χ0v) is 15.4. The van der Waals surface area contributed by atoms with E-state index < -0.39 is 10.0 Å². The highest BCUT2D eigenvalue weighted by Gasteiger charge is 2.18. The molecule has 0 spiro atoms. The highest BCUT2D eigenvalue weighted by Crippen LogP contribution is 2.28. The third-order valence-electron chi connectivity index (χ3n) is 2.92. The van der Waals surface area contributed by atoms with Gasteiger partial charge >= 0.3 is 0 Å². The number of nitrogens with one attached hydrogen (secondary N) is 2. The monoisotopic (exact) mass is 374 g/mol. The van der Waals surface area contributed by atoms with Gasteiger partial charge in [0.1, 0.15) is 4.90 Å². The molecule has 0 aliphatic heterocycles. The normalized spacial score (nSPS) is 11.5. The van der Waals surface area contributed by atoms with E-state index >= 15 is 0 Å². The molecule has 2 N–H and O–H groups in total. The van der Waals surface area contributed by atoms with Crippen LogP contribution in [0, 0.1) is 6.92 Å². The van der Waals surface area contributed by atoms with Crippen LogP contribution in [0.3, 0.4) is 0 Å². The van der Waals surface area contributed by atoms with Crippen molar-refractivity contribution in [1.29, 1.82) is 0 Å². The molecule has 0 unspecified atom stereocenters. The van der Waals surface area contributed by atoms with Crippen molar-refractivity contribution < 1.29 is 12.8 Å². The lowest BCUT2D eigenvalue weighted by Gasteiger charge is -2.14. The predicted octanol–water partition coefficient (Wildman–Crippen LogP) is 3.63. The van der Waals surface area contributed by atoms with Gasteiger partial charge in [0.2, 0.25) is 0 Å². The third kappa shape index (κ3) is 5.24. The Morgan fingerprint density at radius 1 is 1.38 bits per heavy atom. The second-order valence-electron chi connectivity index (χ2n) is 4.83. The average molecular weight is 375 g/mol. The smallest absolute Gasteiger partial charge is 0.265 e. The van der Waals surface area contributed by atoms with Crippen molar-refractivity contribution in [2.24, 2.45) is 7.05 Å². The van der Waals surface area contributed by atoms with E-state index in [1.807, 2.05) is 13.0 Å². The molecule has 1 aromatic carbocycles. The second-order valence-corrected chi connectivity index (χ2v) is 7.11. The molecule has 2 rings (SSSR count). The minimum Gasteiger partial charge on any atom is -0.359 e. The predicted molar refractivity (Wildman–Crippen MR) is 95.5 cm³/mol. The van der Waals surface area contributed by atoms with Gasteiger partial charge in [-0.1, -0.05) is 23.7 Å². The lowest BCUT2D eigenvalue weighted by atomic mass is 10.2. The van der Waals surface area contributed by atoms with Gasteiger partial charge in [-0.15, -0.1) is 0 Å². The lowest BCUT2D eigenvalue weighted by Crippen LogP contribution is -2.14. The van der Waals surface area contributed by atoms with Gasteiger partial charge < -0.3 is 5.32 Å². The van der Waals surface area contributed by atoms with Gasteiger partial charge in [0.25, 0.3) is 10.0 Å². The molecule has 1 heterocycles. The zero-order chi connectivity index (χ0) is 18.3. The number of alkyl halides is 1. The summed E-state index contributed by atoms with van der Waals surface area (Å²) in [5.41, 5.74) is 1.98. The van der Waals surface area contributed by atoms with E-state index in [1.165, 1.54) is 17.1 Å². The SMILES string of the molecule is C/C(Cl)=C\Nc1c(C)cccc1NS(=O)(=O)c1cnn(C)c1.CF. The molecule has 2 aromatic rings.